The first kappa shape index (κ1) is 28.5. The third kappa shape index (κ3) is 5.85. The first-order valence-electron chi connectivity index (χ1n) is 14.0. The third-order valence-electron chi connectivity index (χ3n) is 7.97. The number of carbonyl (C=O) groups is 2. The zero-order chi connectivity index (χ0) is 28.3. The number of aliphatic hydroxyl groups excluding tert-OH is 1. The molecule has 1 amide bonds. The molecule has 3 saturated heterocycles. The lowest BCUT2D eigenvalue weighted by molar-refractivity contribution is -0.140. The van der Waals surface area contributed by atoms with Crippen molar-refractivity contribution in [3.05, 3.63) is 70.8 Å². The van der Waals surface area contributed by atoms with E-state index >= 15 is 0 Å². The average molecular weight is 568 g/mol. The second kappa shape index (κ2) is 12.2. The topological polar surface area (TPSA) is 107 Å². The van der Waals surface area contributed by atoms with Gasteiger partial charge in [0, 0.05) is 44.8 Å². The number of hydrogen-bond acceptors (Lipinski definition) is 7. The van der Waals surface area contributed by atoms with Crippen LogP contribution in [0.4, 0.5) is 0 Å². The number of aliphatic hydroxyl groups is 1. The fraction of sp³-hybridized carbons (Fsp3) is 0.467. The van der Waals surface area contributed by atoms with E-state index in [2.05, 4.69) is 4.90 Å². The Balaban J connectivity index is 1.48. The monoisotopic (exact) mass is 567 g/mol. The van der Waals surface area contributed by atoms with Crippen LogP contribution in [0.25, 0.3) is 5.76 Å². The number of amides is 1. The maximum atomic E-state index is 13.4. The van der Waals surface area contributed by atoms with Crippen LogP contribution in [0.1, 0.15) is 48.4 Å². The Labute approximate surface area is 236 Å². The highest BCUT2D eigenvalue weighted by Gasteiger charge is 2.46. The Hall–Kier alpha value is -3.05. The number of ketones is 1. The van der Waals surface area contributed by atoms with Crippen LogP contribution in [0.3, 0.4) is 0 Å². The quantitative estimate of drug-likeness (QED) is 0.296. The second-order valence-electron chi connectivity index (χ2n) is 10.7. The molecular weight excluding hydrogens is 530 g/mol. The molecule has 3 aliphatic heterocycles. The van der Waals surface area contributed by atoms with Gasteiger partial charge in [0.2, 0.25) is 10.0 Å². The summed E-state index contributed by atoms with van der Waals surface area (Å²) in [6, 6.07) is 12.8. The van der Waals surface area contributed by atoms with Crippen LogP contribution in [0.5, 0.6) is 0 Å². The predicted molar refractivity (Wildman–Crippen MR) is 151 cm³/mol. The molecule has 3 aliphatic rings. The maximum absolute atomic E-state index is 13.4. The van der Waals surface area contributed by atoms with Crippen LogP contribution in [0, 0.1) is 6.92 Å². The molecule has 9 nitrogen and oxygen atoms in total. The molecule has 2 aromatic rings. The smallest absolute Gasteiger partial charge is 0.295 e. The molecular formula is C30H37N3O6S. The number of sulfonamides is 1. The predicted octanol–water partition coefficient (Wildman–Crippen LogP) is 3.31. The number of nitrogens with zero attached hydrogens (tertiary/aromatic N) is 3. The number of ether oxygens (including phenoxy) is 1. The van der Waals surface area contributed by atoms with Gasteiger partial charge in [-0.25, -0.2) is 8.42 Å². The molecule has 5 rings (SSSR count). The van der Waals surface area contributed by atoms with E-state index in [4.69, 9.17) is 4.74 Å². The number of aryl methyl sites for hydroxylation is 1. The van der Waals surface area contributed by atoms with Gasteiger partial charge in [0.15, 0.2) is 0 Å². The van der Waals surface area contributed by atoms with Gasteiger partial charge >= 0.3 is 0 Å². The molecule has 3 heterocycles. The standard InChI is InChI=1S/C30H37N3O6S/c1-22-9-11-23(12-10-22)27-26(29(35)30(36)33(27)16-6-13-31-17-19-39-20-18-31)28(34)24-7-5-8-25(21-24)40(37,38)32-14-3-2-4-15-32/h5,7-12,21,27,34H,2-4,6,13-20H2,1H3. The molecule has 0 saturated carbocycles. The lowest BCUT2D eigenvalue weighted by atomic mass is 9.94. The summed E-state index contributed by atoms with van der Waals surface area (Å²) in [5, 5.41) is 11.5. The van der Waals surface area contributed by atoms with Gasteiger partial charge < -0.3 is 14.7 Å². The molecule has 0 aromatic heterocycles. The molecule has 1 N–H and O–H groups in total. The third-order valence-corrected chi connectivity index (χ3v) is 9.87. The largest absolute Gasteiger partial charge is 0.507 e. The summed E-state index contributed by atoms with van der Waals surface area (Å²) in [5.41, 5.74) is 1.92. The van der Waals surface area contributed by atoms with Gasteiger partial charge in [-0.1, -0.05) is 48.4 Å². The van der Waals surface area contributed by atoms with Crippen molar-refractivity contribution in [1.82, 2.24) is 14.1 Å². The first-order valence-corrected chi connectivity index (χ1v) is 15.5. The highest BCUT2D eigenvalue weighted by molar-refractivity contribution is 7.89. The lowest BCUT2D eigenvalue weighted by Gasteiger charge is -2.29. The Morgan fingerprint density at radius 1 is 0.950 bits per heavy atom. The summed E-state index contributed by atoms with van der Waals surface area (Å²) >= 11 is 0. The summed E-state index contributed by atoms with van der Waals surface area (Å²) in [6.45, 7) is 7.01. The zero-order valence-electron chi connectivity index (χ0n) is 22.9. The van der Waals surface area contributed by atoms with E-state index in [1.807, 2.05) is 31.2 Å². The molecule has 0 spiro atoms. The van der Waals surface area contributed by atoms with Gasteiger partial charge in [0.05, 0.1) is 29.7 Å². The van der Waals surface area contributed by atoms with Crippen LogP contribution in [-0.2, 0) is 24.3 Å². The van der Waals surface area contributed by atoms with E-state index in [1.54, 1.807) is 12.1 Å². The summed E-state index contributed by atoms with van der Waals surface area (Å²) in [6.07, 6.45) is 3.28. The van der Waals surface area contributed by atoms with Gasteiger partial charge in [-0.3, -0.25) is 14.5 Å². The maximum Gasteiger partial charge on any atom is 0.295 e. The lowest BCUT2D eigenvalue weighted by Crippen LogP contribution is -2.38. The number of piperidine rings is 1. The van der Waals surface area contributed by atoms with Crippen molar-refractivity contribution in [3.63, 3.8) is 0 Å². The first-order chi connectivity index (χ1) is 19.3. The number of morpholine rings is 1. The van der Waals surface area contributed by atoms with Crippen LogP contribution in [0.2, 0.25) is 0 Å². The molecule has 2 aromatic carbocycles. The number of benzene rings is 2. The fourth-order valence-corrected chi connectivity index (χ4v) is 7.27. The van der Waals surface area contributed by atoms with E-state index in [0.29, 0.717) is 39.3 Å². The molecule has 1 unspecified atom stereocenters. The van der Waals surface area contributed by atoms with Crippen molar-refractivity contribution in [3.8, 4) is 0 Å². The molecule has 40 heavy (non-hydrogen) atoms. The number of rotatable bonds is 8. The van der Waals surface area contributed by atoms with Crippen molar-refractivity contribution in [1.29, 1.82) is 0 Å². The number of likely N-dealkylation sites (tertiary alicyclic amines) is 1. The van der Waals surface area contributed by atoms with Crippen molar-refractivity contribution in [2.24, 2.45) is 0 Å². The minimum absolute atomic E-state index is 0.0206. The number of carbonyl (C=O) groups excluding carboxylic acids is 2. The van der Waals surface area contributed by atoms with Gasteiger partial charge in [0.1, 0.15) is 5.76 Å². The summed E-state index contributed by atoms with van der Waals surface area (Å²) < 4.78 is 33.5. The summed E-state index contributed by atoms with van der Waals surface area (Å²) in [7, 11) is -3.75. The van der Waals surface area contributed by atoms with Crippen LogP contribution in [-0.4, -0.2) is 91.8 Å². The molecule has 1 atom stereocenters. The Kier molecular flexibility index (Phi) is 8.70. The van der Waals surface area contributed by atoms with Crippen molar-refractivity contribution in [2.45, 2.75) is 43.5 Å². The Morgan fingerprint density at radius 2 is 1.65 bits per heavy atom. The van der Waals surface area contributed by atoms with Crippen LogP contribution >= 0.6 is 0 Å². The van der Waals surface area contributed by atoms with Crippen molar-refractivity contribution < 1.29 is 27.9 Å². The second-order valence-corrected chi connectivity index (χ2v) is 12.6. The minimum Gasteiger partial charge on any atom is -0.507 e. The SMILES string of the molecule is Cc1ccc(C2C(=C(O)c3cccc(S(=O)(=O)N4CCCCC4)c3)C(=O)C(=O)N2CCCN2CCOCC2)cc1. The van der Waals surface area contributed by atoms with E-state index in [9.17, 15) is 23.1 Å². The Morgan fingerprint density at radius 3 is 2.35 bits per heavy atom. The molecule has 0 bridgehead atoms. The summed E-state index contributed by atoms with van der Waals surface area (Å²) in [5.74, 6) is -1.79. The van der Waals surface area contributed by atoms with Gasteiger partial charge in [-0.2, -0.15) is 4.31 Å². The molecule has 10 heteroatoms. The van der Waals surface area contributed by atoms with E-state index in [0.717, 1.165) is 50.0 Å². The number of Topliss-reactive ketones (excluding diaryl/α,β-unsaturated/α-hetero) is 1. The van der Waals surface area contributed by atoms with Gasteiger partial charge in [-0.15, -0.1) is 0 Å². The highest BCUT2D eigenvalue weighted by Crippen LogP contribution is 2.40. The number of hydrogen-bond donors (Lipinski definition) is 1. The Bertz CT molecular complexity index is 1380. The fourth-order valence-electron chi connectivity index (χ4n) is 5.71. The van der Waals surface area contributed by atoms with E-state index < -0.39 is 27.8 Å². The van der Waals surface area contributed by atoms with Gasteiger partial charge in [0.25, 0.3) is 11.7 Å². The highest BCUT2D eigenvalue weighted by atomic mass is 32.2. The van der Waals surface area contributed by atoms with Crippen LogP contribution < -0.4 is 0 Å². The molecule has 0 aliphatic carbocycles. The van der Waals surface area contributed by atoms with Crippen molar-refractivity contribution in [2.75, 3.05) is 52.5 Å². The molecule has 0 radical (unpaired) electrons. The summed E-state index contributed by atoms with van der Waals surface area (Å²) in [4.78, 5) is 30.6. The normalized spacial score (nSPS) is 22.6. The zero-order valence-corrected chi connectivity index (χ0v) is 23.7. The van der Waals surface area contributed by atoms with Crippen LogP contribution in [0.15, 0.2) is 59.0 Å². The minimum atomic E-state index is -3.75. The van der Waals surface area contributed by atoms with Crippen molar-refractivity contribution >= 4 is 27.5 Å². The average Bonchev–Trinajstić information content (AvgIpc) is 3.23. The van der Waals surface area contributed by atoms with Gasteiger partial charge in [-0.05, 0) is 43.9 Å². The van der Waals surface area contributed by atoms with E-state index in [1.165, 1.54) is 21.3 Å². The molecule has 3 fully saturated rings. The molecule has 214 valence electrons. The van der Waals surface area contributed by atoms with E-state index in [-0.39, 0.29) is 21.8 Å².